The molecule has 1 amide bonds. The number of halogens is 1. The van der Waals surface area contributed by atoms with Crippen LogP contribution in [0, 0.1) is 13.8 Å². The first kappa shape index (κ1) is 25.6. The fourth-order valence-corrected chi connectivity index (χ4v) is 5.47. The van der Waals surface area contributed by atoms with Crippen molar-refractivity contribution < 1.29 is 29.0 Å². The van der Waals surface area contributed by atoms with E-state index >= 15 is 0 Å². The number of rotatable bonds is 6. The van der Waals surface area contributed by atoms with Crippen molar-refractivity contribution in [1.29, 1.82) is 0 Å². The molecule has 1 fully saturated rings. The third kappa shape index (κ3) is 4.54. The van der Waals surface area contributed by atoms with Crippen molar-refractivity contribution in [3.8, 4) is 5.75 Å². The molecule has 0 spiro atoms. The van der Waals surface area contributed by atoms with E-state index in [1.54, 1.807) is 57.2 Å². The van der Waals surface area contributed by atoms with Gasteiger partial charge >= 0.3 is 11.9 Å². The molecule has 4 rings (SSSR count). The fraction of sp³-hybridized carbons (Fsp3) is 0.231. The highest BCUT2D eigenvalue weighted by molar-refractivity contribution is 9.10. The predicted octanol–water partition coefficient (Wildman–Crippen LogP) is 5.33. The third-order valence-corrected chi connectivity index (χ3v) is 7.38. The molecule has 10 heteroatoms. The van der Waals surface area contributed by atoms with Crippen molar-refractivity contribution in [3.05, 3.63) is 79.8 Å². The first-order valence-electron chi connectivity index (χ1n) is 11.0. The van der Waals surface area contributed by atoms with Crippen LogP contribution < -0.4 is 9.64 Å². The van der Waals surface area contributed by atoms with Crippen molar-refractivity contribution in [3.63, 3.8) is 0 Å². The largest absolute Gasteiger partial charge is 0.507 e. The van der Waals surface area contributed by atoms with Crippen LogP contribution in [-0.2, 0) is 14.3 Å². The first-order chi connectivity index (χ1) is 17.2. The Morgan fingerprint density at radius 1 is 1.19 bits per heavy atom. The molecule has 3 aromatic rings. The lowest BCUT2D eigenvalue weighted by molar-refractivity contribution is -0.132. The smallest absolute Gasteiger partial charge is 0.350 e. The minimum Gasteiger partial charge on any atom is -0.507 e. The average molecular weight is 571 g/mol. The molecule has 186 valence electrons. The van der Waals surface area contributed by atoms with E-state index in [9.17, 15) is 19.5 Å². The zero-order valence-electron chi connectivity index (χ0n) is 20.0. The molecule has 0 radical (unpaired) electrons. The zero-order chi connectivity index (χ0) is 26.1. The summed E-state index contributed by atoms with van der Waals surface area (Å²) in [5.41, 5.74) is 1.96. The number of nitrogens with zero attached hydrogens (tertiary/aromatic N) is 2. The molecule has 1 aromatic heterocycles. The van der Waals surface area contributed by atoms with Crippen molar-refractivity contribution in [2.75, 3.05) is 18.6 Å². The van der Waals surface area contributed by atoms with Crippen LogP contribution in [0.15, 0.2) is 52.5 Å². The van der Waals surface area contributed by atoms with Gasteiger partial charge in [0.25, 0.3) is 5.78 Å². The van der Waals surface area contributed by atoms with E-state index < -0.39 is 23.7 Å². The number of ether oxygens (including phenoxy) is 2. The number of methoxy groups -OCH3 is 1. The number of ketones is 1. The molecule has 36 heavy (non-hydrogen) atoms. The SMILES string of the molecule is CCOC(=O)c1sc(N2C(=O)C(=O)/C(=C(/O)c3ccc(OC)cc3C)C2c2cccc(Br)c2)nc1C. The maximum Gasteiger partial charge on any atom is 0.350 e. The maximum absolute atomic E-state index is 13.4. The predicted molar refractivity (Wildman–Crippen MR) is 139 cm³/mol. The van der Waals surface area contributed by atoms with Crippen LogP contribution in [0.3, 0.4) is 0 Å². The molecule has 1 atom stereocenters. The highest BCUT2D eigenvalue weighted by Gasteiger charge is 2.48. The molecule has 8 nitrogen and oxygen atoms in total. The number of hydrogen-bond acceptors (Lipinski definition) is 8. The number of aryl methyl sites for hydroxylation is 2. The van der Waals surface area contributed by atoms with Crippen LogP contribution in [-0.4, -0.2) is 41.5 Å². The second-order valence-corrected chi connectivity index (χ2v) is 9.93. The summed E-state index contributed by atoms with van der Waals surface area (Å²) in [6.07, 6.45) is 0. The molecule has 1 unspecified atom stereocenters. The van der Waals surface area contributed by atoms with Crippen molar-refractivity contribution >= 4 is 55.8 Å². The molecule has 1 N–H and O–H groups in total. The molecular weight excluding hydrogens is 548 g/mol. The second kappa shape index (κ2) is 10.2. The summed E-state index contributed by atoms with van der Waals surface area (Å²) in [5.74, 6) is -1.96. The number of thiazole rings is 1. The summed E-state index contributed by atoms with van der Waals surface area (Å²) in [4.78, 5) is 45.0. The molecule has 0 aliphatic carbocycles. The molecule has 1 saturated heterocycles. The summed E-state index contributed by atoms with van der Waals surface area (Å²) in [5, 5.41) is 11.5. The summed E-state index contributed by atoms with van der Waals surface area (Å²) in [6.45, 7) is 5.30. The van der Waals surface area contributed by atoms with Crippen LogP contribution in [0.2, 0.25) is 0 Å². The van der Waals surface area contributed by atoms with Gasteiger partial charge in [0.1, 0.15) is 16.4 Å². The van der Waals surface area contributed by atoms with Crippen LogP contribution in [0.5, 0.6) is 5.75 Å². The molecule has 2 heterocycles. The number of aromatic nitrogens is 1. The van der Waals surface area contributed by atoms with E-state index in [1.807, 2.05) is 6.07 Å². The minimum absolute atomic E-state index is 0.0723. The van der Waals surface area contributed by atoms with Gasteiger partial charge in [-0.1, -0.05) is 39.4 Å². The topological polar surface area (TPSA) is 106 Å². The molecule has 2 aromatic carbocycles. The van der Waals surface area contributed by atoms with Gasteiger partial charge in [0.15, 0.2) is 5.13 Å². The average Bonchev–Trinajstić information content (AvgIpc) is 3.35. The van der Waals surface area contributed by atoms with Gasteiger partial charge in [-0.2, -0.15) is 0 Å². The third-order valence-electron chi connectivity index (χ3n) is 5.75. The van der Waals surface area contributed by atoms with E-state index in [0.717, 1.165) is 15.8 Å². The molecule has 0 bridgehead atoms. The van der Waals surface area contributed by atoms with Crippen molar-refractivity contribution in [2.45, 2.75) is 26.8 Å². The van der Waals surface area contributed by atoms with Gasteiger partial charge < -0.3 is 14.6 Å². The Morgan fingerprint density at radius 2 is 1.94 bits per heavy atom. The lowest BCUT2D eigenvalue weighted by atomic mass is 9.94. The number of hydrogen-bond donors (Lipinski definition) is 1. The van der Waals surface area contributed by atoms with Crippen molar-refractivity contribution in [2.24, 2.45) is 0 Å². The number of Topliss-reactive ketones (excluding diaryl/α,β-unsaturated/α-hetero) is 1. The normalized spacial score (nSPS) is 16.9. The van der Waals surface area contributed by atoms with Gasteiger partial charge in [0.05, 0.1) is 31.0 Å². The first-order valence-corrected chi connectivity index (χ1v) is 12.6. The molecule has 1 aliphatic heterocycles. The number of anilines is 1. The highest BCUT2D eigenvalue weighted by Crippen LogP contribution is 2.44. The Labute approximate surface area is 220 Å². The maximum atomic E-state index is 13.4. The van der Waals surface area contributed by atoms with E-state index in [4.69, 9.17) is 9.47 Å². The Kier molecular flexibility index (Phi) is 7.28. The standard InChI is InChI=1S/C26H23BrN2O6S/c1-5-35-25(33)23-14(3)28-26(36-23)29-20(15-7-6-8-16(27)12-15)19(22(31)24(29)32)21(30)18-10-9-17(34-4)11-13(18)2/h6-12,20,30H,5H2,1-4H3/b21-19+. The van der Waals surface area contributed by atoms with Crippen LogP contribution in [0.25, 0.3) is 5.76 Å². The van der Waals surface area contributed by atoms with Crippen LogP contribution >= 0.6 is 27.3 Å². The number of esters is 1. The second-order valence-electron chi connectivity index (χ2n) is 8.04. The van der Waals surface area contributed by atoms with Gasteiger partial charge in [-0.05, 0) is 62.2 Å². The van der Waals surface area contributed by atoms with E-state index in [0.29, 0.717) is 28.1 Å². The highest BCUT2D eigenvalue weighted by atomic mass is 79.9. The number of amides is 1. The molecule has 1 aliphatic rings. The van der Waals surface area contributed by atoms with Crippen LogP contribution in [0.1, 0.15) is 45.0 Å². The molecule has 0 saturated carbocycles. The van der Waals surface area contributed by atoms with Gasteiger partial charge in [0.2, 0.25) is 0 Å². The minimum atomic E-state index is -0.968. The number of aliphatic hydroxyl groups excluding tert-OH is 1. The summed E-state index contributed by atoms with van der Waals surface area (Å²) in [6, 6.07) is 11.2. The monoisotopic (exact) mass is 570 g/mol. The number of carbonyl (C=O) groups excluding carboxylic acids is 3. The summed E-state index contributed by atoms with van der Waals surface area (Å²) < 4.78 is 11.1. The van der Waals surface area contributed by atoms with E-state index in [1.165, 1.54) is 12.0 Å². The lowest BCUT2D eigenvalue weighted by Crippen LogP contribution is -2.29. The Bertz CT molecular complexity index is 1410. The van der Waals surface area contributed by atoms with Gasteiger partial charge in [-0.3, -0.25) is 14.5 Å². The Morgan fingerprint density at radius 3 is 2.58 bits per heavy atom. The number of benzene rings is 2. The van der Waals surface area contributed by atoms with Gasteiger partial charge in [-0.25, -0.2) is 9.78 Å². The Balaban J connectivity index is 1.93. The zero-order valence-corrected chi connectivity index (χ0v) is 22.4. The van der Waals surface area contributed by atoms with E-state index in [-0.39, 0.29) is 27.9 Å². The quantitative estimate of drug-likeness (QED) is 0.184. The van der Waals surface area contributed by atoms with E-state index in [2.05, 4.69) is 20.9 Å². The summed E-state index contributed by atoms with van der Waals surface area (Å²) >= 11 is 4.41. The summed E-state index contributed by atoms with van der Waals surface area (Å²) in [7, 11) is 1.54. The van der Waals surface area contributed by atoms with Crippen LogP contribution in [0.4, 0.5) is 5.13 Å². The lowest BCUT2D eigenvalue weighted by Gasteiger charge is -2.23. The fourth-order valence-electron chi connectivity index (χ4n) is 4.07. The number of aliphatic hydroxyl groups is 1. The Hall–Kier alpha value is -3.50. The van der Waals surface area contributed by atoms with Gasteiger partial charge in [0, 0.05) is 10.0 Å². The van der Waals surface area contributed by atoms with Gasteiger partial charge in [-0.15, -0.1) is 0 Å². The number of carbonyl (C=O) groups is 3. The molecular formula is C26H23BrN2O6S. The van der Waals surface area contributed by atoms with Crippen molar-refractivity contribution in [1.82, 2.24) is 4.98 Å².